The zero-order valence-corrected chi connectivity index (χ0v) is 10.8. The highest BCUT2D eigenvalue weighted by Gasteiger charge is 2.41. The van der Waals surface area contributed by atoms with Crippen LogP contribution in [0, 0.1) is 0 Å². The van der Waals surface area contributed by atoms with Crippen LogP contribution in [0.25, 0.3) is 0 Å². The van der Waals surface area contributed by atoms with Crippen LogP contribution < -0.4 is 10.9 Å². The summed E-state index contributed by atoms with van der Waals surface area (Å²) in [6.45, 7) is 0. The van der Waals surface area contributed by atoms with Gasteiger partial charge in [-0.15, -0.1) is 23.2 Å². The monoisotopic (exact) mass is 291 g/mol. The number of carbonyl (C=O) groups is 1. The molecule has 98 valence electrons. The van der Waals surface area contributed by atoms with Gasteiger partial charge in [-0.25, -0.2) is 4.98 Å². The van der Waals surface area contributed by atoms with E-state index in [1.165, 1.54) is 0 Å². The minimum absolute atomic E-state index is 0.0580. The Morgan fingerprint density at radius 2 is 2.28 bits per heavy atom. The molecule has 1 saturated carbocycles. The van der Waals surface area contributed by atoms with E-state index in [9.17, 15) is 14.7 Å². The van der Waals surface area contributed by atoms with E-state index in [1.807, 2.05) is 0 Å². The fourth-order valence-electron chi connectivity index (χ4n) is 1.78. The third-order valence-corrected chi connectivity index (χ3v) is 3.34. The average Bonchev–Trinajstić information content (AvgIpc) is 2.21. The van der Waals surface area contributed by atoms with Crippen molar-refractivity contribution in [1.29, 1.82) is 0 Å². The first-order chi connectivity index (χ1) is 8.37. The summed E-state index contributed by atoms with van der Waals surface area (Å²) in [6.07, 6.45) is 1.78. The fourth-order valence-corrected chi connectivity index (χ4v) is 2.53. The van der Waals surface area contributed by atoms with E-state index in [0.29, 0.717) is 12.8 Å². The Morgan fingerprint density at radius 1 is 1.61 bits per heavy atom. The smallest absolute Gasteiger partial charge is 0.258 e. The van der Waals surface area contributed by atoms with Crippen LogP contribution in [-0.2, 0) is 11.2 Å². The Kier molecular flexibility index (Phi) is 3.49. The Hall–Kier alpha value is -1.27. The van der Waals surface area contributed by atoms with E-state index in [2.05, 4.69) is 15.3 Å². The number of hydrogen-bond donors (Lipinski definition) is 3. The maximum Gasteiger partial charge on any atom is 0.258 e. The van der Waals surface area contributed by atoms with Crippen LogP contribution in [0.1, 0.15) is 18.4 Å². The predicted octanol–water partition coefficient (Wildman–Crippen LogP) is 0.471. The number of H-pyrrole nitrogens is 1. The lowest BCUT2D eigenvalue weighted by Crippen LogP contribution is -2.50. The van der Waals surface area contributed by atoms with Crippen LogP contribution in [0.5, 0.6) is 5.88 Å². The molecule has 18 heavy (non-hydrogen) atoms. The molecule has 1 aromatic heterocycles. The molecule has 1 heterocycles. The lowest BCUT2D eigenvalue weighted by molar-refractivity contribution is -0.121. The summed E-state index contributed by atoms with van der Waals surface area (Å²) in [5.74, 6) is -0.816. The molecule has 1 amide bonds. The number of aromatic hydroxyl groups is 1. The maximum atomic E-state index is 11.6. The molecule has 8 heteroatoms. The first-order valence-corrected chi connectivity index (χ1v) is 6.06. The first-order valence-electron chi connectivity index (χ1n) is 5.30. The van der Waals surface area contributed by atoms with Crippen molar-refractivity contribution in [2.45, 2.75) is 29.6 Å². The zero-order chi connectivity index (χ0) is 13.3. The normalized spacial score (nSPS) is 18.1. The van der Waals surface area contributed by atoms with Gasteiger partial charge in [0.15, 0.2) is 0 Å². The van der Waals surface area contributed by atoms with Gasteiger partial charge in [0.1, 0.15) is 4.33 Å². The highest BCUT2D eigenvalue weighted by molar-refractivity contribution is 6.49. The summed E-state index contributed by atoms with van der Waals surface area (Å²) in [4.78, 5) is 28.8. The summed E-state index contributed by atoms with van der Waals surface area (Å²) in [6, 6.07) is -0.0922. The van der Waals surface area contributed by atoms with Crippen molar-refractivity contribution >= 4 is 29.1 Å². The van der Waals surface area contributed by atoms with Gasteiger partial charge >= 0.3 is 0 Å². The Morgan fingerprint density at radius 3 is 2.83 bits per heavy atom. The number of nitrogens with one attached hydrogen (secondary N) is 2. The molecule has 1 aliphatic rings. The highest BCUT2D eigenvalue weighted by atomic mass is 35.5. The van der Waals surface area contributed by atoms with E-state index in [4.69, 9.17) is 23.2 Å². The molecule has 2 rings (SSSR count). The van der Waals surface area contributed by atoms with Crippen LogP contribution in [-0.4, -0.2) is 31.4 Å². The van der Waals surface area contributed by atoms with Gasteiger partial charge in [-0.05, 0) is 0 Å². The van der Waals surface area contributed by atoms with Crippen LogP contribution in [0.15, 0.2) is 11.1 Å². The van der Waals surface area contributed by atoms with Gasteiger partial charge < -0.3 is 15.4 Å². The second kappa shape index (κ2) is 4.78. The number of alkyl halides is 2. The van der Waals surface area contributed by atoms with Gasteiger partial charge in [0.2, 0.25) is 11.8 Å². The van der Waals surface area contributed by atoms with E-state index < -0.39 is 15.8 Å². The van der Waals surface area contributed by atoms with Crippen LogP contribution in [0.2, 0.25) is 0 Å². The van der Waals surface area contributed by atoms with Gasteiger partial charge in [-0.3, -0.25) is 9.59 Å². The van der Waals surface area contributed by atoms with Crippen molar-refractivity contribution in [3.63, 3.8) is 0 Å². The van der Waals surface area contributed by atoms with E-state index >= 15 is 0 Å². The molecule has 0 aromatic carbocycles. The largest absolute Gasteiger partial charge is 0.493 e. The van der Waals surface area contributed by atoms with Crippen molar-refractivity contribution in [1.82, 2.24) is 15.3 Å². The highest BCUT2D eigenvalue weighted by Crippen LogP contribution is 2.42. The number of rotatable bonds is 3. The summed E-state index contributed by atoms with van der Waals surface area (Å²) in [7, 11) is 0. The lowest BCUT2D eigenvalue weighted by atomic mass is 9.91. The van der Waals surface area contributed by atoms with E-state index in [1.54, 1.807) is 0 Å². The number of carbonyl (C=O) groups excluding carboxylic acids is 1. The molecule has 1 aliphatic carbocycles. The lowest BCUT2D eigenvalue weighted by Gasteiger charge is -2.38. The van der Waals surface area contributed by atoms with Crippen LogP contribution in [0.4, 0.5) is 0 Å². The summed E-state index contributed by atoms with van der Waals surface area (Å²) < 4.78 is -0.772. The maximum absolute atomic E-state index is 11.6. The molecule has 0 bridgehead atoms. The Bertz CT molecular complexity index is 521. The van der Waals surface area contributed by atoms with Crippen molar-refractivity contribution in [2.24, 2.45) is 0 Å². The van der Waals surface area contributed by atoms with Crippen LogP contribution >= 0.6 is 23.2 Å². The molecular weight excluding hydrogens is 281 g/mol. The number of amides is 1. The molecule has 0 atom stereocenters. The minimum Gasteiger partial charge on any atom is -0.493 e. The third kappa shape index (κ3) is 2.94. The standard InChI is InChI=1S/C10H11Cl2N3O3/c11-10(12)2-5(3-10)15-7(16)1-6-8(17)13-4-14-9(6)18/h4-5H,1-3H2,(H,15,16)(H2,13,14,17,18). The van der Waals surface area contributed by atoms with Crippen molar-refractivity contribution in [3.8, 4) is 5.88 Å². The molecule has 0 aliphatic heterocycles. The van der Waals surface area contributed by atoms with Crippen LogP contribution in [0.3, 0.4) is 0 Å². The molecule has 0 unspecified atom stereocenters. The number of nitrogens with zero attached hydrogens (tertiary/aromatic N) is 1. The average molecular weight is 292 g/mol. The SMILES string of the molecule is O=C(Cc1c(O)nc[nH]c1=O)NC1CC(Cl)(Cl)C1. The number of halogens is 2. The molecule has 1 aromatic rings. The number of aromatic amines is 1. The minimum atomic E-state index is -0.772. The second-order valence-corrected chi connectivity index (χ2v) is 5.88. The summed E-state index contributed by atoms with van der Waals surface area (Å²) in [5, 5.41) is 12.1. The van der Waals surface area contributed by atoms with E-state index in [-0.39, 0.29) is 23.9 Å². The molecule has 0 saturated heterocycles. The Balaban J connectivity index is 1.94. The van der Waals surface area contributed by atoms with Gasteiger partial charge in [-0.1, -0.05) is 0 Å². The van der Waals surface area contributed by atoms with E-state index in [0.717, 1.165) is 6.33 Å². The molecule has 1 fully saturated rings. The molecular formula is C10H11Cl2N3O3. The Labute approximate surface area is 112 Å². The second-order valence-electron chi connectivity index (χ2n) is 4.24. The number of hydrogen-bond acceptors (Lipinski definition) is 4. The van der Waals surface area contributed by atoms with Gasteiger partial charge in [0.25, 0.3) is 5.56 Å². The van der Waals surface area contributed by atoms with Gasteiger partial charge in [0.05, 0.1) is 18.3 Å². The predicted molar refractivity (Wildman–Crippen MR) is 65.8 cm³/mol. The molecule has 3 N–H and O–H groups in total. The third-order valence-electron chi connectivity index (χ3n) is 2.72. The van der Waals surface area contributed by atoms with Gasteiger partial charge in [0, 0.05) is 18.9 Å². The summed E-state index contributed by atoms with van der Waals surface area (Å²) in [5.41, 5.74) is -0.590. The molecule has 0 spiro atoms. The number of aromatic nitrogens is 2. The van der Waals surface area contributed by atoms with Crippen molar-refractivity contribution in [3.05, 3.63) is 22.2 Å². The van der Waals surface area contributed by atoms with Crippen molar-refractivity contribution in [2.75, 3.05) is 0 Å². The zero-order valence-electron chi connectivity index (χ0n) is 9.24. The fraction of sp³-hybridized carbons (Fsp3) is 0.500. The summed E-state index contributed by atoms with van der Waals surface area (Å²) >= 11 is 11.6. The van der Waals surface area contributed by atoms with Gasteiger partial charge in [-0.2, -0.15) is 0 Å². The molecule has 0 radical (unpaired) electrons. The molecule has 6 nitrogen and oxygen atoms in total. The quantitative estimate of drug-likeness (QED) is 0.706. The first kappa shape index (κ1) is 13.2. The topological polar surface area (TPSA) is 95.1 Å². The van der Waals surface area contributed by atoms with Crippen molar-refractivity contribution < 1.29 is 9.90 Å².